The van der Waals surface area contributed by atoms with E-state index in [0.29, 0.717) is 17.9 Å². The van der Waals surface area contributed by atoms with Gasteiger partial charge in [-0.3, -0.25) is 4.99 Å². The standard InChI is InChI=1S/C28H37N3/c1-17(2)14-30-15-23(13-29)24-11-22-12-27(19(5)6)31-16-26(18(3)4)21(8)10-28(31)25(22)9-20(24)7/h9-11,13,15-17,19,27H,3,8,12,14,29H2,1-2,4-7H3. The average molecular weight is 416 g/mol. The van der Waals surface area contributed by atoms with Crippen LogP contribution in [0.2, 0.25) is 0 Å². The zero-order chi connectivity index (χ0) is 22.9. The molecule has 3 nitrogen and oxygen atoms in total. The number of rotatable bonds is 6. The summed E-state index contributed by atoms with van der Waals surface area (Å²) in [5.74, 6) is 1.04. The predicted octanol–water partition coefficient (Wildman–Crippen LogP) is 6.27. The lowest BCUT2D eigenvalue weighted by Crippen LogP contribution is -2.41. The van der Waals surface area contributed by atoms with E-state index in [2.05, 4.69) is 89.0 Å². The molecule has 3 rings (SSSR count). The zero-order valence-electron chi connectivity index (χ0n) is 20.0. The van der Waals surface area contributed by atoms with Crippen molar-refractivity contribution in [2.24, 2.45) is 22.6 Å². The van der Waals surface area contributed by atoms with Crippen molar-refractivity contribution in [1.82, 2.24) is 4.90 Å². The highest BCUT2D eigenvalue weighted by atomic mass is 15.2. The summed E-state index contributed by atoms with van der Waals surface area (Å²) in [6.45, 7) is 22.4. The summed E-state index contributed by atoms with van der Waals surface area (Å²) in [5.41, 5.74) is 16.5. The van der Waals surface area contributed by atoms with Crippen LogP contribution in [0.15, 0.2) is 65.5 Å². The first-order valence-electron chi connectivity index (χ1n) is 11.3. The van der Waals surface area contributed by atoms with E-state index in [1.54, 1.807) is 6.20 Å². The Bertz CT molecular complexity index is 1010. The molecule has 2 aliphatic rings. The van der Waals surface area contributed by atoms with Crippen LogP contribution in [-0.4, -0.2) is 23.7 Å². The van der Waals surface area contributed by atoms with Crippen LogP contribution in [0, 0.1) is 18.8 Å². The van der Waals surface area contributed by atoms with Crippen molar-refractivity contribution >= 4 is 17.5 Å². The molecule has 0 saturated carbocycles. The Morgan fingerprint density at radius 3 is 2.58 bits per heavy atom. The molecule has 1 aromatic rings. The summed E-state index contributed by atoms with van der Waals surface area (Å²) in [5, 5.41) is 0. The molecule has 2 aliphatic heterocycles. The molecule has 0 saturated heterocycles. The van der Waals surface area contributed by atoms with Gasteiger partial charge in [0.15, 0.2) is 0 Å². The fraction of sp³-hybridized carbons (Fsp3) is 0.393. The Morgan fingerprint density at radius 1 is 1.29 bits per heavy atom. The van der Waals surface area contributed by atoms with E-state index in [1.165, 1.54) is 22.4 Å². The number of fused-ring (bicyclic) bond motifs is 3. The molecular weight excluding hydrogens is 378 g/mol. The quantitative estimate of drug-likeness (QED) is 0.556. The zero-order valence-corrected chi connectivity index (χ0v) is 20.0. The number of aliphatic imine (C=N–C) groups is 1. The SMILES string of the molecule is C=C(C)C1=CN2C(=CC1=C)c1cc(C)c(C(C=NCC(C)C)=CN)cc1CC2C(C)C. The second-order valence-corrected chi connectivity index (χ2v) is 9.64. The van der Waals surface area contributed by atoms with Crippen LogP contribution in [0.4, 0.5) is 0 Å². The van der Waals surface area contributed by atoms with Crippen molar-refractivity contribution in [3.63, 3.8) is 0 Å². The van der Waals surface area contributed by atoms with Gasteiger partial charge in [0.25, 0.3) is 0 Å². The molecule has 0 amide bonds. The molecule has 1 atom stereocenters. The van der Waals surface area contributed by atoms with Gasteiger partial charge in [-0.25, -0.2) is 0 Å². The maximum atomic E-state index is 6.01. The Labute approximate surface area is 188 Å². The van der Waals surface area contributed by atoms with Crippen LogP contribution < -0.4 is 5.73 Å². The first-order chi connectivity index (χ1) is 14.6. The van der Waals surface area contributed by atoms with Gasteiger partial charge in [-0.1, -0.05) is 46.9 Å². The third-order valence-corrected chi connectivity index (χ3v) is 6.14. The van der Waals surface area contributed by atoms with Crippen LogP contribution in [-0.2, 0) is 6.42 Å². The van der Waals surface area contributed by atoms with E-state index in [0.717, 1.165) is 40.8 Å². The molecule has 0 aliphatic carbocycles. The van der Waals surface area contributed by atoms with Crippen molar-refractivity contribution in [1.29, 1.82) is 0 Å². The third-order valence-electron chi connectivity index (χ3n) is 6.14. The van der Waals surface area contributed by atoms with Gasteiger partial charge in [0.2, 0.25) is 0 Å². The summed E-state index contributed by atoms with van der Waals surface area (Å²) in [7, 11) is 0. The van der Waals surface area contributed by atoms with Gasteiger partial charge in [0.1, 0.15) is 0 Å². The normalized spacial score (nSPS) is 19.0. The third kappa shape index (κ3) is 4.61. The van der Waals surface area contributed by atoms with Crippen LogP contribution in [0.5, 0.6) is 0 Å². The Hall–Kier alpha value is -2.81. The van der Waals surface area contributed by atoms with Crippen LogP contribution in [0.3, 0.4) is 0 Å². The van der Waals surface area contributed by atoms with Gasteiger partial charge in [0, 0.05) is 48.0 Å². The minimum atomic E-state index is 0.386. The fourth-order valence-corrected chi connectivity index (χ4v) is 4.40. The van der Waals surface area contributed by atoms with E-state index in [-0.39, 0.29) is 0 Å². The van der Waals surface area contributed by atoms with Crippen LogP contribution >= 0.6 is 0 Å². The number of benzene rings is 1. The van der Waals surface area contributed by atoms with Gasteiger partial charge in [-0.05, 0) is 77.7 Å². The van der Waals surface area contributed by atoms with E-state index in [4.69, 9.17) is 5.73 Å². The molecule has 0 fully saturated rings. The predicted molar refractivity (Wildman–Crippen MR) is 136 cm³/mol. The molecule has 0 bridgehead atoms. The largest absolute Gasteiger partial charge is 0.404 e. The molecule has 2 heterocycles. The van der Waals surface area contributed by atoms with Crippen molar-refractivity contribution in [2.45, 2.75) is 54.0 Å². The first kappa shape index (κ1) is 22.9. The van der Waals surface area contributed by atoms with Gasteiger partial charge < -0.3 is 10.6 Å². The molecule has 3 heteroatoms. The Kier molecular flexibility index (Phi) is 6.74. The number of allylic oxidation sites excluding steroid dienone is 5. The number of aryl methyl sites for hydroxylation is 1. The fourth-order valence-electron chi connectivity index (χ4n) is 4.40. The summed E-state index contributed by atoms with van der Waals surface area (Å²) in [4.78, 5) is 7.03. The van der Waals surface area contributed by atoms with E-state index in [1.807, 2.05) is 6.21 Å². The maximum absolute atomic E-state index is 6.01. The molecule has 0 radical (unpaired) electrons. The number of nitrogens with two attached hydrogens (primary N) is 1. The smallest absolute Gasteiger partial charge is 0.0491 e. The van der Waals surface area contributed by atoms with Gasteiger partial charge in [-0.15, -0.1) is 0 Å². The molecule has 1 aromatic carbocycles. The molecule has 0 aromatic heterocycles. The molecule has 164 valence electrons. The summed E-state index contributed by atoms with van der Waals surface area (Å²) in [6, 6.07) is 5.00. The van der Waals surface area contributed by atoms with Crippen molar-refractivity contribution in [3.05, 3.63) is 82.7 Å². The number of hydrogen-bond donors (Lipinski definition) is 1. The molecule has 2 N–H and O–H groups in total. The van der Waals surface area contributed by atoms with Crippen LogP contribution in [0.1, 0.15) is 56.9 Å². The highest BCUT2D eigenvalue weighted by molar-refractivity contribution is 6.10. The van der Waals surface area contributed by atoms with Gasteiger partial charge in [0.05, 0.1) is 0 Å². The highest BCUT2D eigenvalue weighted by Gasteiger charge is 2.33. The number of nitrogens with zero attached hydrogens (tertiary/aromatic N) is 2. The van der Waals surface area contributed by atoms with E-state index < -0.39 is 0 Å². The topological polar surface area (TPSA) is 41.6 Å². The second kappa shape index (κ2) is 9.13. The monoisotopic (exact) mass is 415 g/mol. The minimum absolute atomic E-state index is 0.386. The highest BCUT2D eigenvalue weighted by Crippen LogP contribution is 2.42. The summed E-state index contributed by atoms with van der Waals surface area (Å²) >= 11 is 0. The van der Waals surface area contributed by atoms with Crippen molar-refractivity contribution in [3.8, 4) is 0 Å². The molecule has 31 heavy (non-hydrogen) atoms. The first-order valence-corrected chi connectivity index (χ1v) is 11.3. The average Bonchev–Trinajstić information content (AvgIpc) is 2.69. The van der Waals surface area contributed by atoms with E-state index >= 15 is 0 Å². The van der Waals surface area contributed by atoms with Gasteiger partial charge >= 0.3 is 0 Å². The minimum Gasteiger partial charge on any atom is -0.404 e. The lowest BCUT2D eigenvalue weighted by molar-refractivity contribution is 0.284. The Morgan fingerprint density at radius 2 is 2.00 bits per heavy atom. The molecule has 1 unspecified atom stereocenters. The van der Waals surface area contributed by atoms with Crippen molar-refractivity contribution in [2.75, 3.05) is 6.54 Å². The lowest BCUT2D eigenvalue weighted by atomic mass is 9.81. The summed E-state index contributed by atoms with van der Waals surface area (Å²) < 4.78 is 0. The molecule has 0 spiro atoms. The molecular formula is C28H37N3. The second-order valence-electron chi connectivity index (χ2n) is 9.64. The number of hydrogen-bond acceptors (Lipinski definition) is 3. The summed E-state index contributed by atoms with van der Waals surface area (Å²) in [6.07, 6.45) is 9.07. The Balaban J connectivity index is 2.09. The van der Waals surface area contributed by atoms with Crippen LogP contribution in [0.25, 0.3) is 11.3 Å². The van der Waals surface area contributed by atoms with Crippen molar-refractivity contribution < 1.29 is 0 Å². The lowest BCUT2D eigenvalue weighted by Gasteiger charge is -2.43. The van der Waals surface area contributed by atoms with Gasteiger partial charge in [-0.2, -0.15) is 0 Å². The van der Waals surface area contributed by atoms with E-state index in [9.17, 15) is 0 Å². The maximum Gasteiger partial charge on any atom is 0.0491 e.